The van der Waals surface area contributed by atoms with Crippen molar-refractivity contribution in [3.8, 4) is 0 Å². The molecule has 2 fully saturated rings. The number of rotatable bonds is 3. The minimum absolute atomic E-state index is 0.759. The fourth-order valence-electron chi connectivity index (χ4n) is 3.44. The number of likely N-dealkylation sites (N-methyl/N-ethyl adjacent to an activating group) is 1. The Morgan fingerprint density at radius 3 is 1.95 bits per heavy atom. The van der Waals surface area contributed by atoms with Gasteiger partial charge in [-0.3, -0.25) is 0 Å². The van der Waals surface area contributed by atoms with E-state index in [2.05, 4.69) is 31.6 Å². The van der Waals surface area contributed by atoms with E-state index in [4.69, 9.17) is 5.73 Å². The minimum atomic E-state index is 0.759. The molecule has 22 heavy (non-hydrogen) atoms. The van der Waals surface area contributed by atoms with Crippen LogP contribution in [0.25, 0.3) is 0 Å². The van der Waals surface area contributed by atoms with Crippen LogP contribution in [0.3, 0.4) is 0 Å². The molecule has 0 aromatic carbocycles. The van der Waals surface area contributed by atoms with Crippen LogP contribution in [0, 0.1) is 0 Å². The molecule has 6 nitrogen and oxygen atoms in total. The Hall–Kier alpha value is -1.56. The number of nitrogens with two attached hydrogens (primary N) is 1. The van der Waals surface area contributed by atoms with Crippen LogP contribution in [0.4, 0.5) is 17.3 Å². The van der Waals surface area contributed by atoms with Gasteiger partial charge in [0.1, 0.15) is 12.0 Å². The van der Waals surface area contributed by atoms with Crippen LogP contribution in [-0.2, 0) is 0 Å². The normalized spacial score (nSPS) is 21.0. The predicted molar refractivity (Wildman–Crippen MR) is 91.5 cm³/mol. The number of piperazine rings is 1. The standard InChI is InChI=1S/C16H28N6/c1-2-20-9-11-22(12-10-20)16-14(17)15(18-13-19-16)21-7-5-3-4-6-8-21/h13H,2-12,17H2,1H3. The topological polar surface area (TPSA) is 61.5 Å². The summed E-state index contributed by atoms with van der Waals surface area (Å²) in [5, 5.41) is 0. The maximum absolute atomic E-state index is 6.44. The average Bonchev–Trinajstić information content (AvgIpc) is 2.84. The summed E-state index contributed by atoms with van der Waals surface area (Å²) in [5.74, 6) is 1.86. The Balaban J connectivity index is 1.77. The Bertz CT molecular complexity index is 476. The zero-order chi connectivity index (χ0) is 15.4. The van der Waals surface area contributed by atoms with Gasteiger partial charge < -0.3 is 20.4 Å². The quantitative estimate of drug-likeness (QED) is 0.915. The smallest absolute Gasteiger partial charge is 0.157 e. The third kappa shape index (κ3) is 3.27. The van der Waals surface area contributed by atoms with Gasteiger partial charge in [0.25, 0.3) is 0 Å². The van der Waals surface area contributed by atoms with Crippen molar-refractivity contribution in [1.82, 2.24) is 14.9 Å². The van der Waals surface area contributed by atoms with Crippen LogP contribution < -0.4 is 15.5 Å². The van der Waals surface area contributed by atoms with Crippen molar-refractivity contribution in [2.24, 2.45) is 0 Å². The zero-order valence-electron chi connectivity index (χ0n) is 13.7. The first-order valence-corrected chi connectivity index (χ1v) is 8.62. The lowest BCUT2D eigenvalue weighted by atomic mass is 10.2. The number of aromatic nitrogens is 2. The van der Waals surface area contributed by atoms with Gasteiger partial charge in [-0.25, -0.2) is 9.97 Å². The van der Waals surface area contributed by atoms with Gasteiger partial charge >= 0.3 is 0 Å². The molecule has 0 atom stereocenters. The van der Waals surface area contributed by atoms with E-state index in [0.29, 0.717) is 0 Å². The molecule has 3 rings (SSSR count). The second kappa shape index (κ2) is 7.13. The Labute approximate surface area is 133 Å². The molecule has 122 valence electrons. The van der Waals surface area contributed by atoms with E-state index in [1.54, 1.807) is 6.33 Å². The van der Waals surface area contributed by atoms with Gasteiger partial charge in [0, 0.05) is 39.3 Å². The van der Waals surface area contributed by atoms with Crippen LogP contribution in [0.1, 0.15) is 32.6 Å². The van der Waals surface area contributed by atoms with Crippen molar-refractivity contribution < 1.29 is 0 Å². The first-order valence-electron chi connectivity index (χ1n) is 8.62. The molecule has 0 saturated carbocycles. The molecule has 1 aromatic heterocycles. The highest BCUT2D eigenvalue weighted by Crippen LogP contribution is 2.30. The van der Waals surface area contributed by atoms with Crippen LogP contribution in [0.5, 0.6) is 0 Å². The molecule has 0 bridgehead atoms. The second-order valence-corrected chi connectivity index (χ2v) is 6.26. The van der Waals surface area contributed by atoms with E-state index < -0.39 is 0 Å². The monoisotopic (exact) mass is 304 g/mol. The summed E-state index contributed by atoms with van der Waals surface area (Å²) < 4.78 is 0. The lowest BCUT2D eigenvalue weighted by Crippen LogP contribution is -2.46. The zero-order valence-corrected chi connectivity index (χ0v) is 13.7. The van der Waals surface area contributed by atoms with E-state index in [-0.39, 0.29) is 0 Å². The first-order chi connectivity index (χ1) is 10.8. The Morgan fingerprint density at radius 2 is 1.41 bits per heavy atom. The fraction of sp³-hybridized carbons (Fsp3) is 0.750. The molecular weight excluding hydrogens is 276 g/mol. The second-order valence-electron chi connectivity index (χ2n) is 6.26. The SMILES string of the molecule is CCN1CCN(c2ncnc(N3CCCCCC3)c2N)CC1. The van der Waals surface area contributed by atoms with Crippen molar-refractivity contribution in [3.63, 3.8) is 0 Å². The molecule has 1 aromatic rings. The summed E-state index contributed by atoms with van der Waals surface area (Å²) >= 11 is 0. The molecule has 0 spiro atoms. The Kier molecular flexibility index (Phi) is 4.97. The minimum Gasteiger partial charge on any atom is -0.393 e. The largest absolute Gasteiger partial charge is 0.393 e. The highest BCUT2D eigenvalue weighted by Gasteiger charge is 2.22. The van der Waals surface area contributed by atoms with Crippen molar-refractivity contribution in [3.05, 3.63) is 6.33 Å². The molecule has 0 amide bonds. The van der Waals surface area contributed by atoms with E-state index in [1.165, 1.54) is 25.7 Å². The molecule has 0 radical (unpaired) electrons. The van der Waals surface area contributed by atoms with E-state index in [1.807, 2.05) is 0 Å². The van der Waals surface area contributed by atoms with Gasteiger partial charge in [-0.05, 0) is 19.4 Å². The van der Waals surface area contributed by atoms with Crippen LogP contribution >= 0.6 is 0 Å². The van der Waals surface area contributed by atoms with Crippen molar-refractivity contribution in [2.75, 3.05) is 61.3 Å². The van der Waals surface area contributed by atoms with Crippen LogP contribution in [0.2, 0.25) is 0 Å². The molecule has 2 aliphatic heterocycles. The fourth-order valence-corrected chi connectivity index (χ4v) is 3.44. The summed E-state index contributed by atoms with van der Waals surface area (Å²) in [6, 6.07) is 0. The molecule has 2 N–H and O–H groups in total. The maximum Gasteiger partial charge on any atom is 0.157 e. The highest BCUT2D eigenvalue weighted by atomic mass is 15.3. The van der Waals surface area contributed by atoms with Crippen molar-refractivity contribution >= 4 is 17.3 Å². The van der Waals surface area contributed by atoms with Crippen molar-refractivity contribution in [2.45, 2.75) is 32.6 Å². The molecule has 6 heteroatoms. The first kappa shape index (κ1) is 15.3. The summed E-state index contributed by atoms with van der Waals surface area (Å²) in [5.41, 5.74) is 7.20. The lowest BCUT2D eigenvalue weighted by Gasteiger charge is -2.35. The predicted octanol–water partition coefficient (Wildman–Crippen LogP) is 1.58. The van der Waals surface area contributed by atoms with Crippen LogP contribution in [0.15, 0.2) is 6.33 Å². The van der Waals surface area contributed by atoms with Gasteiger partial charge in [-0.1, -0.05) is 19.8 Å². The van der Waals surface area contributed by atoms with E-state index in [9.17, 15) is 0 Å². The van der Waals surface area contributed by atoms with Gasteiger partial charge in [0.2, 0.25) is 0 Å². The summed E-state index contributed by atoms with van der Waals surface area (Å²) in [6.45, 7) is 9.60. The summed E-state index contributed by atoms with van der Waals surface area (Å²) in [7, 11) is 0. The number of hydrogen-bond acceptors (Lipinski definition) is 6. The van der Waals surface area contributed by atoms with E-state index >= 15 is 0 Å². The lowest BCUT2D eigenvalue weighted by molar-refractivity contribution is 0.270. The number of anilines is 3. The molecule has 3 heterocycles. The third-order valence-corrected chi connectivity index (χ3v) is 4.87. The third-order valence-electron chi connectivity index (χ3n) is 4.87. The summed E-state index contributed by atoms with van der Waals surface area (Å²) in [4.78, 5) is 16.1. The van der Waals surface area contributed by atoms with Crippen molar-refractivity contribution in [1.29, 1.82) is 0 Å². The summed E-state index contributed by atoms with van der Waals surface area (Å²) in [6.07, 6.45) is 6.76. The molecular formula is C16H28N6. The van der Waals surface area contributed by atoms with Crippen LogP contribution in [-0.4, -0.2) is 60.7 Å². The van der Waals surface area contributed by atoms with E-state index in [0.717, 1.165) is 63.1 Å². The highest BCUT2D eigenvalue weighted by molar-refractivity contribution is 5.75. The molecule has 0 unspecified atom stereocenters. The van der Waals surface area contributed by atoms with Gasteiger partial charge in [-0.15, -0.1) is 0 Å². The number of hydrogen-bond donors (Lipinski definition) is 1. The van der Waals surface area contributed by atoms with Gasteiger partial charge in [0.15, 0.2) is 11.6 Å². The Morgan fingerprint density at radius 1 is 0.864 bits per heavy atom. The van der Waals surface area contributed by atoms with Gasteiger partial charge in [0.05, 0.1) is 0 Å². The van der Waals surface area contributed by atoms with Gasteiger partial charge in [-0.2, -0.15) is 0 Å². The number of nitrogens with zero attached hydrogens (tertiary/aromatic N) is 5. The number of nitrogen functional groups attached to an aromatic ring is 1. The maximum atomic E-state index is 6.44. The molecule has 2 aliphatic rings. The molecule has 0 aliphatic carbocycles. The average molecular weight is 304 g/mol. The molecule has 2 saturated heterocycles.